The number of hydrogen-bond donors (Lipinski definition) is 2. The van der Waals surface area contributed by atoms with Gasteiger partial charge in [-0.2, -0.15) is 0 Å². The van der Waals surface area contributed by atoms with Crippen LogP contribution in [0.3, 0.4) is 0 Å². The van der Waals surface area contributed by atoms with Crippen LogP contribution in [0.1, 0.15) is 24.2 Å². The third-order valence-corrected chi connectivity index (χ3v) is 2.21. The number of halogens is 1. The SMILES string of the molecule is CNCCc1cc(C(C)F)ccc1O. The standard InChI is InChI=1S/C11H16FNO/c1-8(12)9-3-4-11(14)10(7-9)5-6-13-2/h3-4,7-8,13-14H,5-6H2,1-2H3. The van der Waals surface area contributed by atoms with Crippen LogP contribution in [0.5, 0.6) is 5.75 Å². The van der Waals surface area contributed by atoms with Crippen molar-refractivity contribution in [3.8, 4) is 5.75 Å². The van der Waals surface area contributed by atoms with Gasteiger partial charge in [0.25, 0.3) is 0 Å². The van der Waals surface area contributed by atoms with Crippen molar-refractivity contribution >= 4 is 0 Å². The average Bonchev–Trinajstić information content (AvgIpc) is 2.16. The highest BCUT2D eigenvalue weighted by Crippen LogP contribution is 2.24. The number of rotatable bonds is 4. The largest absolute Gasteiger partial charge is 0.508 e. The monoisotopic (exact) mass is 197 g/mol. The minimum atomic E-state index is -0.982. The van der Waals surface area contributed by atoms with Gasteiger partial charge in [-0.1, -0.05) is 6.07 Å². The lowest BCUT2D eigenvalue weighted by Crippen LogP contribution is -2.10. The van der Waals surface area contributed by atoms with Gasteiger partial charge in [-0.15, -0.1) is 0 Å². The van der Waals surface area contributed by atoms with Crippen molar-refractivity contribution in [2.24, 2.45) is 0 Å². The highest BCUT2D eigenvalue weighted by Gasteiger charge is 2.06. The van der Waals surface area contributed by atoms with Crippen molar-refractivity contribution in [1.29, 1.82) is 0 Å². The fourth-order valence-electron chi connectivity index (χ4n) is 1.31. The first-order valence-corrected chi connectivity index (χ1v) is 4.75. The molecular weight excluding hydrogens is 181 g/mol. The predicted molar refractivity (Wildman–Crippen MR) is 55.3 cm³/mol. The molecule has 2 N–H and O–H groups in total. The first-order valence-electron chi connectivity index (χ1n) is 4.75. The summed E-state index contributed by atoms with van der Waals surface area (Å²) in [6, 6.07) is 4.89. The Kier molecular flexibility index (Phi) is 3.89. The van der Waals surface area contributed by atoms with Crippen LogP contribution < -0.4 is 5.32 Å². The van der Waals surface area contributed by atoms with E-state index in [0.29, 0.717) is 12.0 Å². The molecule has 78 valence electrons. The quantitative estimate of drug-likeness (QED) is 0.775. The number of phenolic OH excluding ortho intramolecular Hbond substituents is 1. The van der Waals surface area contributed by atoms with E-state index in [9.17, 15) is 9.50 Å². The van der Waals surface area contributed by atoms with E-state index < -0.39 is 6.17 Å². The number of benzene rings is 1. The van der Waals surface area contributed by atoms with Crippen molar-refractivity contribution in [2.45, 2.75) is 19.5 Å². The Morgan fingerprint density at radius 3 is 2.79 bits per heavy atom. The molecule has 0 bridgehead atoms. The van der Waals surface area contributed by atoms with Gasteiger partial charge in [0.1, 0.15) is 11.9 Å². The zero-order valence-corrected chi connectivity index (χ0v) is 8.55. The molecule has 1 aromatic rings. The Balaban J connectivity index is 2.85. The molecule has 0 amide bonds. The van der Waals surface area contributed by atoms with Crippen LogP contribution in [0.4, 0.5) is 4.39 Å². The summed E-state index contributed by atoms with van der Waals surface area (Å²) >= 11 is 0. The molecule has 0 heterocycles. The molecule has 0 radical (unpaired) electrons. The smallest absolute Gasteiger partial charge is 0.122 e. The lowest BCUT2D eigenvalue weighted by Gasteiger charge is -2.08. The number of aromatic hydroxyl groups is 1. The summed E-state index contributed by atoms with van der Waals surface area (Å²) in [5.74, 6) is 0.240. The second-order valence-electron chi connectivity index (χ2n) is 3.36. The Morgan fingerprint density at radius 1 is 1.50 bits per heavy atom. The van der Waals surface area contributed by atoms with E-state index in [2.05, 4.69) is 5.32 Å². The molecular formula is C11H16FNO. The van der Waals surface area contributed by atoms with Gasteiger partial charge in [0, 0.05) is 0 Å². The van der Waals surface area contributed by atoms with Crippen LogP contribution in [-0.4, -0.2) is 18.7 Å². The second kappa shape index (κ2) is 4.96. The van der Waals surface area contributed by atoms with Crippen LogP contribution in [0.15, 0.2) is 18.2 Å². The molecule has 0 aliphatic rings. The van der Waals surface area contributed by atoms with E-state index in [4.69, 9.17) is 0 Å². The van der Waals surface area contributed by atoms with E-state index in [1.807, 2.05) is 7.05 Å². The van der Waals surface area contributed by atoms with Crippen LogP contribution in [0.25, 0.3) is 0 Å². The van der Waals surface area contributed by atoms with Crippen molar-refractivity contribution in [3.05, 3.63) is 29.3 Å². The van der Waals surface area contributed by atoms with Crippen molar-refractivity contribution in [1.82, 2.24) is 5.32 Å². The fraction of sp³-hybridized carbons (Fsp3) is 0.455. The summed E-state index contributed by atoms with van der Waals surface area (Å²) in [5, 5.41) is 12.5. The van der Waals surface area contributed by atoms with Crippen molar-refractivity contribution in [2.75, 3.05) is 13.6 Å². The zero-order valence-electron chi connectivity index (χ0n) is 8.55. The summed E-state index contributed by atoms with van der Waals surface area (Å²) in [4.78, 5) is 0. The maximum Gasteiger partial charge on any atom is 0.122 e. The average molecular weight is 197 g/mol. The fourth-order valence-corrected chi connectivity index (χ4v) is 1.31. The molecule has 0 aliphatic carbocycles. The summed E-state index contributed by atoms with van der Waals surface area (Å²) in [6.45, 7) is 2.27. The Morgan fingerprint density at radius 2 is 2.21 bits per heavy atom. The van der Waals surface area contributed by atoms with Gasteiger partial charge in [0.05, 0.1) is 0 Å². The first-order chi connectivity index (χ1) is 6.65. The topological polar surface area (TPSA) is 32.3 Å². The van der Waals surface area contributed by atoms with Gasteiger partial charge in [-0.25, -0.2) is 4.39 Å². The van der Waals surface area contributed by atoms with Gasteiger partial charge in [-0.05, 0) is 50.2 Å². The minimum Gasteiger partial charge on any atom is -0.508 e. The molecule has 0 fully saturated rings. The number of hydrogen-bond acceptors (Lipinski definition) is 2. The maximum atomic E-state index is 13.0. The summed E-state index contributed by atoms with van der Waals surface area (Å²) < 4.78 is 13.0. The van der Waals surface area contributed by atoms with E-state index in [1.165, 1.54) is 6.92 Å². The van der Waals surface area contributed by atoms with E-state index >= 15 is 0 Å². The van der Waals surface area contributed by atoms with E-state index in [0.717, 1.165) is 12.1 Å². The lowest BCUT2D eigenvalue weighted by atomic mass is 10.0. The summed E-state index contributed by atoms with van der Waals surface area (Å²) in [7, 11) is 1.85. The lowest BCUT2D eigenvalue weighted by molar-refractivity contribution is 0.373. The Labute approximate surface area is 83.8 Å². The number of alkyl halides is 1. The molecule has 0 saturated heterocycles. The minimum absolute atomic E-state index is 0.240. The summed E-state index contributed by atoms with van der Waals surface area (Å²) in [5.41, 5.74) is 1.41. The number of likely N-dealkylation sites (N-methyl/N-ethyl adjacent to an activating group) is 1. The molecule has 0 aromatic heterocycles. The third-order valence-electron chi connectivity index (χ3n) is 2.21. The number of nitrogens with one attached hydrogen (secondary N) is 1. The normalized spacial score (nSPS) is 12.8. The molecule has 14 heavy (non-hydrogen) atoms. The molecule has 1 rings (SSSR count). The molecule has 0 spiro atoms. The van der Waals surface area contributed by atoms with E-state index in [-0.39, 0.29) is 5.75 Å². The van der Waals surface area contributed by atoms with Gasteiger partial charge in [-0.3, -0.25) is 0 Å². The molecule has 0 aliphatic heterocycles. The van der Waals surface area contributed by atoms with Gasteiger partial charge >= 0.3 is 0 Å². The van der Waals surface area contributed by atoms with Crippen LogP contribution >= 0.6 is 0 Å². The first kappa shape index (κ1) is 11.0. The summed E-state index contributed by atoms with van der Waals surface area (Å²) in [6.07, 6.45) is -0.271. The van der Waals surface area contributed by atoms with Gasteiger partial charge in [0.15, 0.2) is 0 Å². The third kappa shape index (κ3) is 2.70. The molecule has 0 saturated carbocycles. The predicted octanol–water partition coefficient (Wildman–Crippen LogP) is 2.18. The van der Waals surface area contributed by atoms with Crippen molar-refractivity contribution < 1.29 is 9.50 Å². The second-order valence-corrected chi connectivity index (χ2v) is 3.36. The van der Waals surface area contributed by atoms with Gasteiger partial charge in [0.2, 0.25) is 0 Å². The van der Waals surface area contributed by atoms with Crippen LogP contribution in [-0.2, 0) is 6.42 Å². The number of phenols is 1. The van der Waals surface area contributed by atoms with Crippen molar-refractivity contribution in [3.63, 3.8) is 0 Å². The molecule has 1 aromatic carbocycles. The molecule has 3 heteroatoms. The highest BCUT2D eigenvalue weighted by molar-refractivity contribution is 5.37. The van der Waals surface area contributed by atoms with Crippen LogP contribution in [0.2, 0.25) is 0 Å². The Bertz CT molecular complexity index is 299. The molecule has 2 nitrogen and oxygen atoms in total. The maximum absolute atomic E-state index is 13.0. The Hall–Kier alpha value is -1.09. The molecule has 1 unspecified atom stereocenters. The van der Waals surface area contributed by atoms with E-state index in [1.54, 1.807) is 18.2 Å². The molecule has 1 atom stereocenters. The zero-order chi connectivity index (χ0) is 10.6. The van der Waals surface area contributed by atoms with Crippen LogP contribution in [0, 0.1) is 0 Å². The van der Waals surface area contributed by atoms with Gasteiger partial charge < -0.3 is 10.4 Å². The highest BCUT2D eigenvalue weighted by atomic mass is 19.1.